The third kappa shape index (κ3) is 5.33. The van der Waals surface area contributed by atoms with Gasteiger partial charge in [-0.05, 0) is 31.4 Å². The maximum Gasteiger partial charge on any atom is 0.273 e. The Bertz CT molecular complexity index is 1230. The highest BCUT2D eigenvalue weighted by atomic mass is 35.5. The second-order valence-electron chi connectivity index (χ2n) is 7.93. The SMILES string of the molecule is CCCNC(=O)[C@H]1CCCN(c2nc3ncn(CC(=O)Nc4ccccc4Cl)c(=O)c3s2)C1. The van der Waals surface area contributed by atoms with Gasteiger partial charge in [0.2, 0.25) is 11.8 Å². The van der Waals surface area contributed by atoms with Crippen LogP contribution in [0.5, 0.6) is 0 Å². The highest BCUT2D eigenvalue weighted by molar-refractivity contribution is 7.22. The number of para-hydroxylation sites is 1. The summed E-state index contributed by atoms with van der Waals surface area (Å²) in [7, 11) is 0. The van der Waals surface area contributed by atoms with Gasteiger partial charge in [0.05, 0.1) is 16.6 Å². The number of fused-ring (bicyclic) bond motifs is 1. The first-order chi connectivity index (χ1) is 16.0. The van der Waals surface area contributed by atoms with E-state index in [0.29, 0.717) is 39.3 Å². The molecule has 11 heteroatoms. The van der Waals surface area contributed by atoms with Gasteiger partial charge in [0.25, 0.3) is 5.56 Å². The van der Waals surface area contributed by atoms with Gasteiger partial charge >= 0.3 is 0 Å². The highest BCUT2D eigenvalue weighted by Crippen LogP contribution is 2.29. The van der Waals surface area contributed by atoms with Gasteiger partial charge in [0.1, 0.15) is 17.6 Å². The fourth-order valence-electron chi connectivity index (χ4n) is 3.75. The molecule has 0 aliphatic carbocycles. The fourth-order valence-corrected chi connectivity index (χ4v) is 4.93. The Hall–Kier alpha value is -2.98. The van der Waals surface area contributed by atoms with E-state index in [1.54, 1.807) is 24.3 Å². The largest absolute Gasteiger partial charge is 0.356 e. The molecule has 33 heavy (non-hydrogen) atoms. The molecule has 174 valence electrons. The molecular formula is C22H25ClN6O3S. The van der Waals surface area contributed by atoms with Crippen molar-refractivity contribution >= 4 is 55.9 Å². The molecule has 0 bridgehead atoms. The normalized spacial score (nSPS) is 16.1. The molecule has 9 nitrogen and oxygen atoms in total. The molecule has 4 rings (SSSR count). The first-order valence-electron chi connectivity index (χ1n) is 10.9. The first kappa shape index (κ1) is 23.2. The fraction of sp³-hybridized carbons (Fsp3) is 0.409. The van der Waals surface area contributed by atoms with Crippen LogP contribution in [0.1, 0.15) is 26.2 Å². The summed E-state index contributed by atoms with van der Waals surface area (Å²) >= 11 is 7.32. The summed E-state index contributed by atoms with van der Waals surface area (Å²) in [6, 6.07) is 6.89. The summed E-state index contributed by atoms with van der Waals surface area (Å²) in [4.78, 5) is 48.6. The van der Waals surface area contributed by atoms with Gasteiger partial charge < -0.3 is 15.5 Å². The zero-order chi connectivity index (χ0) is 23.4. The van der Waals surface area contributed by atoms with Crippen LogP contribution in [0.25, 0.3) is 10.3 Å². The van der Waals surface area contributed by atoms with Crippen LogP contribution in [0, 0.1) is 5.92 Å². The molecule has 1 fully saturated rings. The van der Waals surface area contributed by atoms with Gasteiger partial charge in [-0.2, -0.15) is 4.98 Å². The predicted molar refractivity (Wildman–Crippen MR) is 130 cm³/mol. The molecule has 0 saturated carbocycles. The Kier molecular flexibility index (Phi) is 7.24. The average molecular weight is 489 g/mol. The maximum atomic E-state index is 13.0. The van der Waals surface area contributed by atoms with Crippen LogP contribution in [-0.4, -0.2) is 46.0 Å². The molecule has 2 aromatic heterocycles. The number of carbonyl (C=O) groups is 2. The molecule has 1 aliphatic rings. The van der Waals surface area contributed by atoms with E-state index in [2.05, 4.69) is 20.6 Å². The van der Waals surface area contributed by atoms with Crippen molar-refractivity contribution in [2.75, 3.05) is 29.9 Å². The van der Waals surface area contributed by atoms with Crippen molar-refractivity contribution in [1.29, 1.82) is 0 Å². The number of thiazole rings is 1. The van der Waals surface area contributed by atoms with E-state index >= 15 is 0 Å². The van der Waals surface area contributed by atoms with Crippen molar-refractivity contribution in [1.82, 2.24) is 19.9 Å². The standard InChI is InChI=1S/C22H25ClN6O3S/c1-2-9-24-20(31)14-6-5-10-28(11-14)22-27-19-18(33-22)21(32)29(13-25-19)12-17(30)26-16-8-4-3-7-15(16)23/h3-4,7-8,13-14H,2,5-6,9-12H2,1H3,(H,24,31)(H,26,30)/t14-/m0/s1. The Balaban J connectivity index is 1.49. The van der Waals surface area contributed by atoms with Crippen molar-refractivity contribution in [2.24, 2.45) is 5.92 Å². The first-order valence-corrected chi connectivity index (χ1v) is 12.1. The molecule has 1 saturated heterocycles. The number of carbonyl (C=O) groups excluding carboxylic acids is 2. The van der Waals surface area contributed by atoms with Crippen LogP contribution < -0.4 is 21.1 Å². The number of benzene rings is 1. The molecule has 0 spiro atoms. The molecule has 2 amide bonds. The number of anilines is 2. The third-order valence-electron chi connectivity index (χ3n) is 5.45. The van der Waals surface area contributed by atoms with Gasteiger partial charge in [0.15, 0.2) is 10.8 Å². The molecular weight excluding hydrogens is 464 g/mol. The van der Waals surface area contributed by atoms with Crippen LogP contribution >= 0.6 is 22.9 Å². The highest BCUT2D eigenvalue weighted by Gasteiger charge is 2.27. The van der Waals surface area contributed by atoms with Crippen LogP contribution in [0.4, 0.5) is 10.8 Å². The number of hydrogen-bond donors (Lipinski definition) is 2. The topological polar surface area (TPSA) is 109 Å². The van der Waals surface area contributed by atoms with Gasteiger partial charge in [-0.3, -0.25) is 19.0 Å². The quantitative estimate of drug-likeness (QED) is 0.529. The Morgan fingerprint density at radius 3 is 2.91 bits per heavy atom. The maximum absolute atomic E-state index is 13.0. The number of piperidine rings is 1. The summed E-state index contributed by atoms with van der Waals surface area (Å²) in [5, 5.41) is 6.75. The molecule has 1 atom stereocenters. The lowest BCUT2D eigenvalue weighted by Gasteiger charge is -2.31. The lowest BCUT2D eigenvalue weighted by molar-refractivity contribution is -0.125. The third-order valence-corrected chi connectivity index (χ3v) is 6.87. The van der Waals surface area contributed by atoms with Crippen molar-refractivity contribution in [3.8, 4) is 0 Å². The Labute approximate surface area is 199 Å². The van der Waals surface area contributed by atoms with Crippen molar-refractivity contribution in [3.63, 3.8) is 0 Å². The second kappa shape index (κ2) is 10.3. The minimum absolute atomic E-state index is 0.0627. The zero-order valence-electron chi connectivity index (χ0n) is 18.2. The van der Waals surface area contributed by atoms with Crippen LogP contribution in [0.15, 0.2) is 35.4 Å². The number of nitrogens with zero attached hydrogens (tertiary/aromatic N) is 4. The number of aromatic nitrogens is 3. The van der Waals surface area contributed by atoms with Gasteiger partial charge in [-0.15, -0.1) is 0 Å². The van der Waals surface area contributed by atoms with Crippen molar-refractivity contribution < 1.29 is 9.59 Å². The second-order valence-corrected chi connectivity index (χ2v) is 9.32. The van der Waals surface area contributed by atoms with E-state index < -0.39 is 0 Å². The number of hydrogen-bond acceptors (Lipinski definition) is 7. The van der Waals surface area contributed by atoms with E-state index in [0.717, 1.165) is 25.8 Å². The lowest BCUT2D eigenvalue weighted by atomic mass is 9.97. The van der Waals surface area contributed by atoms with Crippen molar-refractivity contribution in [3.05, 3.63) is 46.0 Å². The van der Waals surface area contributed by atoms with E-state index in [-0.39, 0.29) is 29.8 Å². The summed E-state index contributed by atoms with van der Waals surface area (Å²) in [6.07, 6.45) is 3.94. The molecule has 2 N–H and O–H groups in total. The van der Waals surface area contributed by atoms with Crippen LogP contribution in [-0.2, 0) is 16.1 Å². The van der Waals surface area contributed by atoms with E-state index in [4.69, 9.17) is 11.6 Å². The number of rotatable bonds is 7. The molecule has 1 aromatic carbocycles. The van der Waals surface area contributed by atoms with Crippen molar-refractivity contribution in [2.45, 2.75) is 32.7 Å². The minimum Gasteiger partial charge on any atom is -0.356 e. The molecule has 3 aromatic rings. The molecule has 0 radical (unpaired) electrons. The monoisotopic (exact) mass is 488 g/mol. The Morgan fingerprint density at radius 1 is 1.30 bits per heavy atom. The number of amides is 2. The average Bonchev–Trinajstić information content (AvgIpc) is 3.26. The van der Waals surface area contributed by atoms with Gasteiger partial charge in [-0.25, -0.2) is 4.98 Å². The lowest BCUT2D eigenvalue weighted by Crippen LogP contribution is -2.43. The molecule has 3 heterocycles. The van der Waals surface area contributed by atoms with Gasteiger partial charge in [0, 0.05) is 19.6 Å². The summed E-state index contributed by atoms with van der Waals surface area (Å²) < 4.78 is 1.64. The van der Waals surface area contributed by atoms with Gasteiger partial charge in [-0.1, -0.05) is 42.0 Å². The minimum atomic E-state index is -0.381. The summed E-state index contributed by atoms with van der Waals surface area (Å²) in [6.45, 7) is 3.83. The zero-order valence-corrected chi connectivity index (χ0v) is 19.8. The number of nitrogens with one attached hydrogen (secondary N) is 2. The predicted octanol–water partition coefficient (Wildman–Crippen LogP) is 2.89. The summed E-state index contributed by atoms with van der Waals surface area (Å²) in [5.41, 5.74) is 0.501. The van der Waals surface area contributed by atoms with E-state index in [1.165, 1.54) is 22.2 Å². The summed E-state index contributed by atoms with van der Waals surface area (Å²) in [5.74, 6) is -0.420. The smallest absolute Gasteiger partial charge is 0.273 e. The van der Waals surface area contributed by atoms with Crippen LogP contribution in [0.3, 0.4) is 0 Å². The van der Waals surface area contributed by atoms with E-state index in [1.807, 2.05) is 11.8 Å². The number of halogens is 1. The molecule has 0 unspecified atom stereocenters. The molecule has 1 aliphatic heterocycles. The van der Waals surface area contributed by atoms with E-state index in [9.17, 15) is 14.4 Å². The Morgan fingerprint density at radius 2 is 2.12 bits per heavy atom. The van der Waals surface area contributed by atoms with Crippen LogP contribution in [0.2, 0.25) is 5.02 Å².